The molecule has 2 aromatic carbocycles. The Hall–Kier alpha value is -2.73. The van der Waals surface area contributed by atoms with Gasteiger partial charge in [0.2, 0.25) is 11.5 Å². The fourth-order valence-electron chi connectivity index (χ4n) is 2.55. The molecular weight excluding hydrogens is 288 g/mol. The first-order valence-corrected chi connectivity index (χ1v) is 6.59. The molecule has 1 atom stereocenters. The number of carbonyl (C=O) groups excluding carboxylic acids is 1. The second kappa shape index (κ2) is 4.92. The van der Waals surface area contributed by atoms with Crippen molar-refractivity contribution < 1.29 is 29.6 Å². The van der Waals surface area contributed by atoms with Gasteiger partial charge in [-0.1, -0.05) is 30.3 Å². The van der Waals surface area contributed by atoms with Gasteiger partial charge in [0, 0.05) is 11.6 Å². The van der Waals surface area contributed by atoms with E-state index in [2.05, 4.69) is 0 Å². The predicted molar refractivity (Wildman–Crippen MR) is 76.2 cm³/mol. The second-order valence-corrected chi connectivity index (χ2v) is 5.00. The highest BCUT2D eigenvalue weighted by molar-refractivity contribution is 6.04. The molecule has 0 aromatic heterocycles. The van der Waals surface area contributed by atoms with Crippen LogP contribution in [0.5, 0.6) is 23.0 Å². The van der Waals surface area contributed by atoms with Crippen molar-refractivity contribution in [2.75, 3.05) is 7.11 Å². The summed E-state index contributed by atoms with van der Waals surface area (Å²) in [6.07, 6.45) is -0.356. The van der Waals surface area contributed by atoms with E-state index in [1.807, 2.05) is 0 Å². The van der Waals surface area contributed by atoms with E-state index in [0.717, 1.165) is 6.07 Å². The number of hydrogen-bond acceptors (Lipinski definition) is 6. The number of ketones is 1. The van der Waals surface area contributed by atoms with E-state index in [1.54, 1.807) is 30.3 Å². The normalized spacial score (nSPS) is 20.2. The summed E-state index contributed by atoms with van der Waals surface area (Å²) in [7, 11) is 1.26. The third-order valence-corrected chi connectivity index (χ3v) is 3.59. The fraction of sp³-hybridized carbons (Fsp3) is 0.188. The van der Waals surface area contributed by atoms with Crippen LogP contribution in [-0.2, 0) is 5.79 Å². The van der Waals surface area contributed by atoms with Gasteiger partial charge in [-0.25, -0.2) is 0 Å². The summed E-state index contributed by atoms with van der Waals surface area (Å²) in [6, 6.07) is 9.58. The molecule has 114 valence electrons. The molecule has 1 unspecified atom stereocenters. The largest absolute Gasteiger partial charge is 0.504 e. The Bertz CT molecular complexity index is 740. The Morgan fingerprint density at radius 2 is 1.91 bits per heavy atom. The van der Waals surface area contributed by atoms with E-state index in [4.69, 9.17) is 9.47 Å². The van der Waals surface area contributed by atoms with Gasteiger partial charge in [-0.3, -0.25) is 4.79 Å². The minimum absolute atomic E-state index is 0.0987. The van der Waals surface area contributed by atoms with Crippen molar-refractivity contribution in [3.8, 4) is 23.0 Å². The van der Waals surface area contributed by atoms with E-state index in [9.17, 15) is 20.1 Å². The first-order chi connectivity index (χ1) is 10.5. The van der Waals surface area contributed by atoms with Crippen molar-refractivity contribution >= 4 is 5.78 Å². The molecule has 0 bridgehead atoms. The molecule has 0 spiro atoms. The highest BCUT2D eigenvalue weighted by Gasteiger charge is 2.42. The van der Waals surface area contributed by atoms with E-state index >= 15 is 0 Å². The first-order valence-electron chi connectivity index (χ1n) is 6.59. The van der Waals surface area contributed by atoms with Crippen molar-refractivity contribution in [1.29, 1.82) is 0 Å². The zero-order valence-electron chi connectivity index (χ0n) is 11.7. The van der Waals surface area contributed by atoms with Crippen LogP contribution in [-0.4, -0.2) is 28.2 Å². The lowest BCUT2D eigenvalue weighted by atomic mass is 9.92. The van der Waals surface area contributed by atoms with Crippen LogP contribution in [0.15, 0.2) is 36.4 Å². The van der Waals surface area contributed by atoms with Crippen molar-refractivity contribution in [1.82, 2.24) is 0 Å². The molecule has 1 aliphatic heterocycles. The van der Waals surface area contributed by atoms with Crippen molar-refractivity contribution in [3.05, 3.63) is 47.5 Å². The quantitative estimate of drug-likeness (QED) is 0.784. The molecule has 0 saturated heterocycles. The molecule has 2 aromatic rings. The number of benzene rings is 2. The Balaban J connectivity index is 2.13. The van der Waals surface area contributed by atoms with Gasteiger partial charge in [0.05, 0.1) is 13.5 Å². The van der Waals surface area contributed by atoms with Crippen LogP contribution in [0.1, 0.15) is 22.3 Å². The summed E-state index contributed by atoms with van der Waals surface area (Å²) in [5.41, 5.74) is 0.291. The van der Waals surface area contributed by atoms with Crippen LogP contribution >= 0.6 is 0 Å². The van der Waals surface area contributed by atoms with Crippen LogP contribution in [0.25, 0.3) is 0 Å². The van der Waals surface area contributed by atoms with E-state index < -0.39 is 17.3 Å². The maximum atomic E-state index is 12.3. The van der Waals surface area contributed by atoms with Gasteiger partial charge in [0.15, 0.2) is 17.3 Å². The standard InChI is InChI=1S/C16H14O6/c1-21-15-10(17)7-12-13(14(15)19)11(18)8-16(20,22-12)9-5-3-2-4-6-9/h2-7,17,19-20H,8H2,1H3. The lowest BCUT2D eigenvalue weighted by Crippen LogP contribution is -2.39. The molecule has 3 N–H and O–H groups in total. The molecule has 0 aliphatic carbocycles. The highest BCUT2D eigenvalue weighted by Crippen LogP contribution is 2.49. The smallest absolute Gasteiger partial charge is 0.242 e. The highest BCUT2D eigenvalue weighted by atomic mass is 16.6. The average molecular weight is 302 g/mol. The number of fused-ring (bicyclic) bond motifs is 1. The van der Waals surface area contributed by atoms with Crippen LogP contribution in [0.2, 0.25) is 0 Å². The van der Waals surface area contributed by atoms with Crippen molar-refractivity contribution in [3.63, 3.8) is 0 Å². The fourth-order valence-corrected chi connectivity index (χ4v) is 2.55. The summed E-state index contributed by atoms with van der Waals surface area (Å²) < 4.78 is 10.4. The molecule has 22 heavy (non-hydrogen) atoms. The van der Waals surface area contributed by atoms with E-state index in [0.29, 0.717) is 5.56 Å². The number of Topliss-reactive ketones (excluding diaryl/α,β-unsaturated/α-hetero) is 1. The molecule has 3 rings (SSSR count). The monoisotopic (exact) mass is 302 g/mol. The molecule has 0 radical (unpaired) electrons. The molecule has 0 fully saturated rings. The van der Waals surface area contributed by atoms with Gasteiger partial charge < -0.3 is 24.8 Å². The topological polar surface area (TPSA) is 96.2 Å². The van der Waals surface area contributed by atoms with E-state index in [1.165, 1.54) is 7.11 Å². The summed E-state index contributed by atoms with van der Waals surface area (Å²) in [4.78, 5) is 12.3. The second-order valence-electron chi connectivity index (χ2n) is 5.00. The molecule has 6 nitrogen and oxygen atoms in total. The number of aromatic hydroxyl groups is 2. The van der Waals surface area contributed by atoms with Gasteiger partial charge in [-0.2, -0.15) is 0 Å². The molecular formula is C16H14O6. The van der Waals surface area contributed by atoms with Gasteiger partial charge >= 0.3 is 0 Å². The summed E-state index contributed by atoms with van der Waals surface area (Å²) in [5.74, 6) is -3.55. The third kappa shape index (κ3) is 2.05. The SMILES string of the molecule is COc1c(O)cc2c(c1O)C(=O)CC(O)(c1ccccc1)O2. The lowest BCUT2D eigenvalue weighted by molar-refractivity contribution is -0.147. The minimum Gasteiger partial charge on any atom is -0.504 e. The molecule has 1 aliphatic rings. The first kappa shape index (κ1) is 14.2. The van der Waals surface area contributed by atoms with E-state index in [-0.39, 0.29) is 29.2 Å². The zero-order valence-corrected chi connectivity index (χ0v) is 11.7. The Kier molecular flexibility index (Phi) is 3.18. The molecule has 6 heteroatoms. The summed E-state index contributed by atoms with van der Waals surface area (Å²) in [6.45, 7) is 0. The molecule has 0 saturated carbocycles. The Morgan fingerprint density at radius 1 is 1.23 bits per heavy atom. The van der Waals surface area contributed by atoms with Crippen molar-refractivity contribution in [2.24, 2.45) is 0 Å². The number of phenols is 2. The van der Waals surface area contributed by atoms with Crippen LogP contribution in [0.3, 0.4) is 0 Å². The van der Waals surface area contributed by atoms with Crippen LogP contribution in [0, 0.1) is 0 Å². The lowest BCUT2D eigenvalue weighted by Gasteiger charge is -2.34. The maximum Gasteiger partial charge on any atom is 0.242 e. The van der Waals surface area contributed by atoms with Crippen LogP contribution < -0.4 is 9.47 Å². The van der Waals surface area contributed by atoms with Gasteiger partial charge in [0.25, 0.3) is 0 Å². The Labute approximate surface area is 126 Å². The average Bonchev–Trinajstić information content (AvgIpc) is 2.47. The number of hydrogen-bond donors (Lipinski definition) is 3. The maximum absolute atomic E-state index is 12.3. The van der Waals surface area contributed by atoms with Gasteiger partial charge in [0.1, 0.15) is 11.3 Å². The summed E-state index contributed by atoms with van der Waals surface area (Å²) >= 11 is 0. The molecule has 1 heterocycles. The number of methoxy groups -OCH3 is 1. The molecule has 0 amide bonds. The minimum atomic E-state index is -1.85. The Morgan fingerprint density at radius 3 is 2.55 bits per heavy atom. The number of aliphatic hydroxyl groups is 1. The number of phenolic OH excluding ortho intramolecular Hbond substituents is 2. The van der Waals surface area contributed by atoms with Gasteiger partial charge in [-0.15, -0.1) is 0 Å². The predicted octanol–water partition coefficient (Wildman–Crippen LogP) is 1.92. The zero-order chi connectivity index (χ0) is 15.9. The number of rotatable bonds is 2. The number of carbonyl (C=O) groups is 1. The number of ether oxygens (including phenoxy) is 2. The third-order valence-electron chi connectivity index (χ3n) is 3.59. The summed E-state index contributed by atoms with van der Waals surface area (Å²) in [5, 5.41) is 30.5. The van der Waals surface area contributed by atoms with Crippen molar-refractivity contribution in [2.45, 2.75) is 12.2 Å². The van der Waals surface area contributed by atoms with Crippen LogP contribution in [0.4, 0.5) is 0 Å². The van der Waals surface area contributed by atoms with Gasteiger partial charge in [-0.05, 0) is 0 Å².